The van der Waals surface area contributed by atoms with Crippen molar-refractivity contribution in [3.63, 3.8) is 0 Å². The topological polar surface area (TPSA) is 30.9 Å². The first-order valence-electron chi connectivity index (χ1n) is 8.04. The fourth-order valence-corrected chi connectivity index (χ4v) is 4.39. The Morgan fingerprint density at radius 3 is 3.04 bits per heavy atom. The van der Waals surface area contributed by atoms with Crippen molar-refractivity contribution in [1.82, 2.24) is 4.90 Å². The summed E-state index contributed by atoms with van der Waals surface area (Å²) in [4.78, 5) is 3.88. The molecule has 4 nitrogen and oxygen atoms in total. The molecule has 2 aliphatic rings. The van der Waals surface area contributed by atoms with Crippen LogP contribution in [-0.4, -0.2) is 38.4 Å². The molecule has 0 bridgehead atoms. The van der Waals surface area contributed by atoms with Gasteiger partial charge in [-0.3, -0.25) is 0 Å². The third-order valence-corrected chi connectivity index (χ3v) is 5.66. The SMILES string of the molecule is CN1CCC(c2cccs2)C(COc2ccc3c(c2)OCO3)C1. The van der Waals surface area contributed by atoms with Crippen LogP contribution in [0.25, 0.3) is 0 Å². The predicted octanol–water partition coefficient (Wildman–Crippen LogP) is 3.59. The van der Waals surface area contributed by atoms with E-state index in [0.717, 1.165) is 36.9 Å². The van der Waals surface area contributed by atoms with E-state index in [1.54, 1.807) is 0 Å². The molecule has 0 radical (unpaired) electrons. The second-order valence-corrected chi connectivity index (χ2v) is 7.24. The summed E-state index contributed by atoms with van der Waals surface area (Å²) >= 11 is 1.86. The van der Waals surface area contributed by atoms with Gasteiger partial charge >= 0.3 is 0 Å². The standard InChI is InChI=1S/C18H21NO3S/c1-19-7-6-15(18-3-2-8-23-18)13(10-19)11-20-14-4-5-16-17(9-14)22-12-21-16/h2-5,8-9,13,15H,6-7,10-12H2,1H3. The second kappa shape index (κ2) is 6.42. The fraction of sp³-hybridized carbons (Fsp3) is 0.444. The molecule has 1 saturated heterocycles. The Balaban J connectivity index is 1.45. The number of fused-ring (bicyclic) bond motifs is 1. The van der Waals surface area contributed by atoms with E-state index in [1.165, 1.54) is 11.3 Å². The van der Waals surface area contributed by atoms with Gasteiger partial charge < -0.3 is 19.1 Å². The lowest BCUT2D eigenvalue weighted by atomic mass is 9.85. The summed E-state index contributed by atoms with van der Waals surface area (Å²) in [7, 11) is 2.19. The van der Waals surface area contributed by atoms with Crippen LogP contribution in [0.3, 0.4) is 0 Å². The lowest BCUT2D eigenvalue weighted by Crippen LogP contribution is -2.39. The average molecular weight is 331 g/mol. The highest BCUT2D eigenvalue weighted by atomic mass is 32.1. The monoisotopic (exact) mass is 331 g/mol. The summed E-state index contributed by atoms with van der Waals surface area (Å²) in [6.07, 6.45) is 1.20. The molecule has 5 heteroatoms. The minimum atomic E-state index is 0.298. The molecule has 2 unspecified atom stereocenters. The molecule has 2 aliphatic heterocycles. The van der Waals surface area contributed by atoms with Crippen LogP contribution in [-0.2, 0) is 0 Å². The Morgan fingerprint density at radius 1 is 1.26 bits per heavy atom. The van der Waals surface area contributed by atoms with Crippen molar-refractivity contribution < 1.29 is 14.2 Å². The molecule has 1 aromatic heterocycles. The first-order chi connectivity index (χ1) is 11.3. The Hall–Kier alpha value is -1.72. The molecular formula is C18H21NO3S. The summed E-state index contributed by atoms with van der Waals surface area (Å²) in [5.74, 6) is 3.54. The number of hydrogen-bond acceptors (Lipinski definition) is 5. The van der Waals surface area contributed by atoms with Gasteiger partial charge in [0.2, 0.25) is 6.79 Å². The van der Waals surface area contributed by atoms with E-state index in [1.807, 2.05) is 29.5 Å². The van der Waals surface area contributed by atoms with Crippen molar-refractivity contribution >= 4 is 11.3 Å². The molecule has 0 spiro atoms. The summed E-state index contributed by atoms with van der Waals surface area (Å²) in [6, 6.07) is 10.2. The molecule has 0 saturated carbocycles. The average Bonchev–Trinajstić information content (AvgIpc) is 3.24. The van der Waals surface area contributed by atoms with E-state index in [4.69, 9.17) is 14.2 Å². The highest BCUT2D eigenvalue weighted by Gasteiger charge is 2.30. The van der Waals surface area contributed by atoms with Crippen molar-refractivity contribution in [2.45, 2.75) is 12.3 Å². The number of nitrogens with zero attached hydrogens (tertiary/aromatic N) is 1. The molecular weight excluding hydrogens is 310 g/mol. The molecule has 3 heterocycles. The second-order valence-electron chi connectivity index (χ2n) is 6.26. The van der Waals surface area contributed by atoms with Gasteiger partial charge in [0.25, 0.3) is 0 Å². The van der Waals surface area contributed by atoms with E-state index in [9.17, 15) is 0 Å². The van der Waals surface area contributed by atoms with Crippen LogP contribution >= 0.6 is 11.3 Å². The van der Waals surface area contributed by atoms with Crippen LogP contribution in [0.15, 0.2) is 35.7 Å². The maximum absolute atomic E-state index is 6.09. The van der Waals surface area contributed by atoms with E-state index in [-0.39, 0.29) is 0 Å². The molecule has 0 N–H and O–H groups in total. The molecule has 23 heavy (non-hydrogen) atoms. The molecule has 2 atom stereocenters. The quantitative estimate of drug-likeness (QED) is 0.857. The number of piperidine rings is 1. The van der Waals surface area contributed by atoms with Crippen LogP contribution in [0, 0.1) is 5.92 Å². The predicted molar refractivity (Wildman–Crippen MR) is 90.7 cm³/mol. The van der Waals surface area contributed by atoms with Gasteiger partial charge in [-0.2, -0.15) is 0 Å². The van der Waals surface area contributed by atoms with E-state index >= 15 is 0 Å². The number of likely N-dealkylation sites (tertiary alicyclic amines) is 1. The Kier molecular flexibility index (Phi) is 4.14. The van der Waals surface area contributed by atoms with Crippen LogP contribution < -0.4 is 14.2 Å². The zero-order chi connectivity index (χ0) is 15.6. The van der Waals surface area contributed by atoms with Crippen LogP contribution in [0.4, 0.5) is 0 Å². The van der Waals surface area contributed by atoms with Crippen LogP contribution in [0.5, 0.6) is 17.2 Å². The van der Waals surface area contributed by atoms with E-state index < -0.39 is 0 Å². The summed E-state index contributed by atoms with van der Waals surface area (Å²) < 4.78 is 16.9. The maximum atomic E-state index is 6.09. The van der Waals surface area contributed by atoms with Crippen LogP contribution in [0.2, 0.25) is 0 Å². The van der Waals surface area contributed by atoms with Gasteiger partial charge in [-0.05, 0) is 43.6 Å². The van der Waals surface area contributed by atoms with Gasteiger partial charge in [-0.1, -0.05) is 6.07 Å². The van der Waals surface area contributed by atoms with E-state index in [0.29, 0.717) is 18.6 Å². The van der Waals surface area contributed by atoms with Crippen molar-refractivity contribution in [3.05, 3.63) is 40.6 Å². The van der Waals surface area contributed by atoms with Crippen molar-refractivity contribution in [2.75, 3.05) is 33.5 Å². The number of hydrogen-bond donors (Lipinski definition) is 0. The van der Waals surface area contributed by atoms with Crippen LogP contribution in [0.1, 0.15) is 17.2 Å². The van der Waals surface area contributed by atoms with E-state index in [2.05, 4.69) is 29.5 Å². The highest BCUT2D eigenvalue weighted by Crippen LogP contribution is 2.37. The fourth-order valence-electron chi connectivity index (χ4n) is 3.43. The van der Waals surface area contributed by atoms with Crippen molar-refractivity contribution in [3.8, 4) is 17.2 Å². The first kappa shape index (κ1) is 14.8. The minimum Gasteiger partial charge on any atom is -0.493 e. The molecule has 0 aliphatic carbocycles. The third kappa shape index (κ3) is 3.16. The lowest BCUT2D eigenvalue weighted by Gasteiger charge is -2.36. The highest BCUT2D eigenvalue weighted by molar-refractivity contribution is 7.10. The van der Waals surface area contributed by atoms with Crippen molar-refractivity contribution in [2.24, 2.45) is 5.92 Å². The summed E-state index contributed by atoms with van der Waals surface area (Å²) in [6.45, 7) is 3.26. The molecule has 2 aromatic rings. The molecule has 0 amide bonds. The molecule has 1 fully saturated rings. The zero-order valence-electron chi connectivity index (χ0n) is 13.2. The van der Waals surface area contributed by atoms with Gasteiger partial charge in [-0.15, -0.1) is 11.3 Å². The van der Waals surface area contributed by atoms with Gasteiger partial charge in [0.1, 0.15) is 5.75 Å². The number of thiophene rings is 1. The Bertz CT molecular complexity index is 658. The lowest BCUT2D eigenvalue weighted by molar-refractivity contribution is 0.130. The number of benzene rings is 1. The zero-order valence-corrected chi connectivity index (χ0v) is 14.1. The summed E-state index contributed by atoms with van der Waals surface area (Å²) in [5.41, 5.74) is 0. The maximum Gasteiger partial charge on any atom is 0.231 e. The largest absolute Gasteiger partial charge is 0.493 e. The Labute approximate surface area is 140 Å². The minimum absolute atomic E-state index is 0.298. The van der Waals surface area contributed by atoms with Gasteiger partial charge in [0.05, 0.1) is 6.61 Å². The summed E-state index contributed by atoms with van der Waals surface area (Å²) in [5, 5.41) is 2.17. The normalized spacial score (nSPS) is 23.9. The molecule has 1 aromatic carbocycles. The smallest absolute Gasteiger partial charge is 0.231 e. The van der Waals surface area contributed by atoms with Crippen molar-refractivity contribution in [1.29, 1.82) is 0 Å². The van der Waals surface area contributed by atoms with Gasteiger partial charge in [0.15, 0.2) is 11.5 Å². The Morgan fingerprint density at radius 2 is 2.17 bits per heavy atom. The van der Waals surface area contributed by atoms with Gasteiger partial charge in [0, 0.05) is 29.3 Å². The molecule has 122 valence electrons. The van der Waals surface area contributed by atoms with Gasteiger partial charge in [-0.25, -0.2) is 0 Å². The molecule has 4 rings (SSSR count). The number of rotatable bonds is 4. The third-order valence-electron chi connectivity index (χ3n) is 4.65. The first-order valence-corrected chi connectivity index (χ1v) is 8.92. The number of ether oxygens (including phenoxy) is 3.